The minimum atomic E-state index is -0.702. The first-order valence-corrected chi connectivity index (χ1v) is 8.39. The summed E-state index contributed by atoms with van der Waals surface area (Å²) in [6, 6.07) is 13.2. The first kappa shape index (κ1) is 17.3. The van der Waals surface area contributed by atoms with E-state index in [0.29, 0.717) is 13.0 Å². The van der Waals surface area contributed by atoms with Crippen LogP contribution < -0.4 is 0 Å². The minimum absolute atomic E-state index is 0.157. The van der Waals surface area contributed by atoms with Crippen LogP contribution in [0.1, 0.15) is 22.3 Å². The predicted molar refractivity (Wildman–Crippen MR) is 93.7 cm³/mol. The number of amides is 1. The standard InChI is InChI=1S/C18H14BrFN2O3/c19-15-10-13(20)6-7-14(15)18(24)25-11-17(23)22-9-8-16(21-22)12-4-2-1-3-5-12/h1-7,10H,8-9,11H2. The van der Waals surface area contributed by atoms with E-state index in [1.54, 1.807) is 0 Å². The van der Waals surface area contributed by atoms with E-state index in [9.17, 15) is 14.0 Å². The second kappa shape index (κ2) is 7.57. The van der Waals surface area contributed by atoms with E-state index in [1.165, 1.54) is 11.1 Å². The fourth-order valence-corrected chi connectivity index (χ4v) is 2.92. The molecule has 5 nitrogen and oxygen atoms in total. The number of hydrogen-bond acceptors (Lipinski definition) is 4. The number of carbonyl (C=O) groups excluding carboxylic acids is 2. The molecule has 0 aliphatic carbocycles. The van der Waals surface area contributed by atoms with Crippen molar-refractivity contribution in [2.24, 2.45) is 5.10 Å². The van der Waals surface area contributed by atoms with Gasteiger partial charge in [0.25, 0.3) is 5.91 Å². The van der Waals surface area contributed by atoms with E-state index in [4.69, 9.17) is 4.74 Å². The molecule has 1 aliphatic heterocycles. The lowest BCUT2D eigenvalue weighted by Crippen LogP contribution is -2.28. The average Bonchev–Trinajstić information content (AvgIpc) is 3.10. The van der Waals surface area contributed by atoms with Crippen LogP contribution >= 0.6 is 15.9 Å². The summed E-state index contributed by atoms with van der Waals surface area (Å²) >= 11 is 3.10. The third kappa shape index (κ3) is 4.11. The summed E-state index contributed by atoms with van der Waals surface area (Å²) in [5.74, 6) is -1.58. The molecule has 1 amide bonds. The maximum atomic E-state index is 13.0. The van der Waals surface area contributed by atoms with E-state index < -0.39 is 24.3 Å². The molecule has 2 aromatic rings. The number of halogens is 2. The normalized spacial score (nSPS) is 13.5. The molecule has 0 N–H and O–H groups in total. The first-order valence-electron chi connectivity index (χ1n) is 7.60. The van der Waals surface area contributed by atoms with Crippen molar-refractivity contribution in [1.82, 2.24) is 5.01 Å². The Kier molecular flexibility index (Phi) is 5.23. The number of rotatable bonds is 4. The average molecular weight is 405 g/mol. The van der Waals surface area contributed by atoms with Crippen molar-refractivity contribution in [3.05, 3.63) is 69.9 Å². The summed E-state index contributed by atoms with van der Waals surface area (Å²) in [5, 5.41) is 5.59. The van der Waals surface area contributed by atoms with Gasteiger partial charge in [-0.15, -0.1) is 0 Å². The first-order chi connectivity index (χ1) is 12.0. The highest BCUT2D eigenvalue weighted by Gasteiger charge is 2.23. The molecular weight excluding hydrogens is 391 g/mol. The molecule has 0 unspecified atom stereocenters. The molecule has 0 atom stereocenters. The number of ether oxygens (including phenoxy) is 1. The lowest BCUT2D eigenvalue weighted by atomic mass is 10.1. The molecule has 0 bridgehead atoms. The lowest BCUT2D eigenvalue weighted by molar-refractivity contribution is -0.134. The van der Waals surface area contributed by atoms with Gasteiger partial charge in [-0.3, -0.25) is 4.79 Å². The summed E-state index contributed by atoms with van der Waals surface area (Å²) in [4.78, 5) is 24.2. The van der Waals surface area contributed by atoms with Crippen LogP contribution in [0.2, 0.25) is 0 Å². The molecule has 7 heteroatoms. The number of benzene rings is 2. The number of hydrazone groups is 1. The SMILES string of the molecule is O=C(OCC(=O)N1CCC(c2ccccc2)=N1)c1ccc(F)cc1Br. The molecular formula is C18H14BrFN2O3. The Bertz CT molecular complexity index is 839. The quantitative estimate of drug-likeness (QED) is 0.733. The Hall–Kier alpha value is -2.54. The lowest BCUT2D eigenvalue weighted by Gasteiger charge is -2.12. The highest BCUT2D eigenvalue weighted by Crippen LogP contribution is 2.19. The molecule has 0 saturated carbocycles. The van der Waals surface area contributed by atoms with Gasteiger partial charge in [0.2, 0.25) is 0 Å². The van der Waals surface area contributed by atoms with Crippen molar-refractivity contribution in [2.75, 3.05) is 13.2 Å². The van der Waals surface area contributed by atoms with Gasteiger partial charge in [0.15, 0.2) is 6.61 Å². The third-order valence-corrected chi connectivity index (χ3v) is 4.33. The summed E-state index contributed by atoms with van der Waals surface area (Å²) < 4.78 is 18.3. The van der Waals surface area contributed by atoms with Gasteiger partial charge in [-0.25, -0.2) is 14.2 Å². The molecule has 0 saturated heterocycles. The van der Waals surface area contributed by atoms with Crippen LogP contribution in [0.3, 0.4) is 0 Å². The monoisotopic (exact) mass is 404 g/mol. The largest absolute Gasteiger partial charge is 0.452 e. The van der Waals surface area contributed by atoms with Crippen LogP contribution in [-0.2, 0) is 9.53 Å². The van der Waals surface area contributed by atoms with Gasteiger partial charge in [0.05, 0.1) is 17.8 Å². The summed E-state index contributed by atoms with van der Waals surface area (Å²) in [5.41, 5.74) is 1.94. The molecule has 0 spiro atoms. The Balaban J connectivity index is 1.60. The van der Waals surface area contributed by atoms with E-state index in [0.717, 1.165) is 23.4 Å². The minimum Gasteiger partial charge on any atom is -0.452 e. The van der Waals surface area contributed by atoms with Gasteiger partial charge in [0.1, 0.15) is 5.82 Å². The Morgan fingerprint density at radius 1 is 1.20 bits per heavy atom. The van der Waals surface area contributed by atoms with Gasteiger partial charge >= 0.3 is 5.97 Å². The topological polar surface area (TPSA) is 59.0 Å². The predicted octanol–water partition coefficient (Wildman–Crippen LogP) is 3.38. The van der Waals surface area contributed by atoms with E-state index in [1.807, 2.05) is 30.3 Å². The van der Waals surface area contributed by atoms with Crippen molar-refractivity contribution >= 4 is 33.5 Å². The fraction of sp³-hybridized carbons (Fsp3) is 0.167. The molecule has 0 radical (unpaired) electrons. The third-order valence-electron chi connectivity index (χ3n) is 3.67. The highest BCUT2D eigenvalue weighted by molar-refractivity contribution is 9.10. The van der Waals surface area contributed by atoms with E-state index in [2.05, 4.69) is 21.0 Å². The van der Waals surface area contributed by atoms with Crippen molar-refractivity contribution in [3.8, 4) is 0 Å². The molecule has 2 aromatic carbocycles. The Labute approximate surface area is 152 Å². The Morgan fingerprint density at radius 2 is 1.96 bits per heavy atom. The maximum absolute atomic E-state index is 13.0. The van der Waals surface area contributed by atoms with E-state index >= 15 is 0 Å². The van der Waals surface area contributed by atoms with Crippen LogP contribution in [0, 0.1) is 5.82 Å². The number of carbonyl (C=O) groups is 2. The second-order valence-corrected chi connectivity index (χ2v) is 6.23. The summed E-state index contributed by atoms with van der Waals surface area (Å²) in [6.45, 7) is 0.0229. The summed E-state index contributed by atoms with van der Waals surface area (Å²) in [6.07, 6.45) is 0.646. The van der Waals surface area contributed by atoms with Crippen LogP contribution in [0.4, 0.5) is 4.39 Å². The van der Waals surface area contributed by atoms with Crippen molar-refractivity contribution in [1.29, 1.82) is 0 Å². The molecule has 128 valence electrons. The number of hydrogen-bond donors (Lipinski definition) is 0. The molecule has 3 rings (SSSR count). The van der Waals surface area contributed by atoms with Crippen molar-refractivity contribution in [3.63, 3.8) is 0 Å². The van der Waals surface area contributed by atoms with Gasteiger partial charge in [-0.2, -0.15) is 5.10 Å². The Morgan fingerprint density at radius 3 is 2.68 bits per heavy atom. The summed E-state index contributed by atoms with van der Waals surface area (Å²) in [7, 11) is 0. The molecule has 25 heavy (non-hydrogen) atoms. The van der Waals surface area contributed by atoms with Crippen LogP contribution in [0.5, 0.6) is 0 Å². The fourth-order valence-electron chi connectivity index (χ4n) is 2.41. The molecule has 0 fully saturated rings. The smallest absolute Gasteiger partial charge is 0.339 e. The van der Waals surface area contributed by atoms with Gasteiger partial charge < -0.3 is 4.74 Å². The van der Waals surface area contributed by atoms with Crippen LogP contribution in [-0.4, -0.2) is 35.7 Å². The highest BCUT2D eigenvalue weighted by atomic mass is 79.9. The second-order valence-electron chi connectivity index (χ2n) is 5.38. The van der Waals surface area contributed by atoms with Gasteiger partial charge in [0, 0.05) is 10.9 Å². The maximum Gasteiger partial charge on any atom is 0.339 e. The zero-order chi connectivity index (χ0) is 17.8. The number of nitrogens with zero attached hydrogens (tertiary/aromatic N) is 2. The molecule has 1 heterocycles. The number of esters is 1. The van der Waals surface area contributed by atoms with Crippen LogP contribution in [0.15, 0.2) is 58.1 Å². The zero-order valence-corrected chi connectivity index (χ0v) is 14.7. The van der Waals surface area contributed by atoms with Gasteiger partial charge in [-0.05, 0) is 39.7 Å². The molecule has 0 aromatic heterocycles. The zero-order valence-electron chi connectivity index (χ0n) is 13.1. The van der Waals surface area contributed by atoms with Crippen molar-refractivity contribution < 1.29 is 18.7 Å². The molecule has 1 aliphatic rings. The van der Waals surface area contributed by atoms with Crippen molar-refractivity contribution in [2.45, 2.75) is 6.42 Å². The van der Waals surface area contributed by atoms with Crippen LogP contribution in [0.25, 0.3) is 0 Å². The van der Waals surface area contributed by atoms with E-state index in [-0.39, 0.29) is 10.0 Å². The van der Waals surface area contributed by atoms with Gasteiger partial charge in [-0.1, -0.05) is 30.3 Å².